The first-order valence-electron chi connectivity index (χ1n) is 11.1. The van der Waals surface area contributed by atoms with Crippen molar-refractivity contribution in [2.24, 2.45) is 0 Å². The summed E-state index contributed by atoms with van der Waals surface area (Å²) < 4.78 is 126. The molecule has 0 bridgehead atoms. The van der Waals surface area contributed by atoms with Crippen molar-refractivity contribution in [1.82, 2.24) is 0 Å². The number of halogens is 9. The number of anilines is 1. The van der Waals surface area contributed by atoms with Gasteiger partial charge in [0.15, 0.2) is 0 Å². The number of allylic oxidation sites excluding steroid dienone is 1. The maximum Gasteiger partial charge on any atom is 0.416 e. The second-order valence-electron chi connectivity index (χ2n) is 8.30. The minimum atomic E-state index is -5.20. The lowest BCUT2D eigenvalue weighted by molar-refractivity contribution is -0.143. The molecule has 0 aromatic heterocycles. The first-order valence-corrected chi connectivity index (χ1v) is 11.1. The fourth-order valence-electron chi connectivity index (χ4n) is 4.15. The molecule has 0 aliphatic carbocycles. The Labute approximate surface area is 210 Å². The maximum absolute atomic E-state index is 13.5. The highest BCUT2D eigenvalue weighted by Crippen LogP contribution is 2.46. The summed E-state index contributed by atoms with van der Waals surface area (Å²) in [6, 6.07) is 3.55. The van der Waals surface area contributed by atoms with Gasteiger partial charge < -0.3 is 4.74 Å². The Kier molecular flexibility index (Phi) is 7.77. The molecule has 0 saturated heterocycles. The number of ether oxygens (including phenoxy) is 1. The van der Waals surface area contributed by atoms with Crippen LogP contribution in [0.2, 0.25) is 0 Å². The molecule has 3 rings (SSSR count). The van der Waals surface area contributed by atoms with Gasteiger partial charge in [-0.15, -0.1) is 0 Å². The van der Waals surface area contributed by atoms with Gasteiger partial charge in [0, 0.05) is 5.56 Å². The number of amides is 1. The van der Waals surface area contributed by atoms with E-state index in [0.717, 1.165) is 11.0 Å². The van der Waals surface area contributed by atoms with E-state index in [9.17, 15) is 49.6 Å². The van der Waals surface area contributed by atoms with Crippen LogP contribution < -0.4 is 4.90 Å². The fourth-order valence-corrected chi connectivity index (χ4v) is 4.15. The monoisotopic (exact) mass is 550 g/mol. The second kappa shape index (κ2) is 10.2. The van der Waals surface area contributed by atoms with Crippen LogP contribution in [0.5, 0.6) is 0 Å². The van der Waals surface area contributed by atoms with E-state index in [4.69, 9.17) is 4.74 Å². The number of benzene rings is 2. The second-order valence-corrected chi connectivity index (χ2v) is 8.30. The zero-order valence-electron chi connectivity index (χ0n) is 19.7. The lowest BCUT2D eigenvalue weighted by Gasteiger charge is -2.36. The van der Waals surface area contributed by atoms with E-state index in [1.165, 1.54) is 13.0 Å². The third-order valence-corrected chi connectivity index (χ3v) is 5.86. The minimum absolute atomic E-state index is 0.0798. The van der Waals surface area contributed by atoms with Crippen LogP contribution in [0.15, 0.2) is 42.5 Å². The van der Waals surface area contributed by atoms with E-state index in [0.29, 0.717) is 24.3 Å². The van der Waals surface area contributed by atoms with Gasteiger partial charge in [0.1, 0.15) is 0 Å². The van der Waals surface area contributed by atoms with Gasteiger partial charge in [-0.2, -0.15) is 44.8 Å². The number of rotatable bonds is 4. The number of carbonyl (C=O) groups excluding carboxylic acids is 1. The van der Waals surface area contributed by atoms with E-state index in [1.807, 2.05) is 0 Å². The number of nitrogens with zero attached hydrogens (tertiary/aromatic N) is 2. The van der Waals surface area contributed by atoms with Crippen LogP contribution in [-0.4, -0.2) is 18.7 Å². The van der Waals surface area contributed by atoms with E-state index in [-0.39, 0.29) is 35.9 Å². The van der Waals surface area contributed by atoms with Crippen molar-refractivity contribution in [2.75, 3.05) is 11.5 Å². The molecule has 1 amide bonds. The van der Waals surface area contributed by atoms with Crippen LogP contribution in [0.1, 0.15) is 54.0 Å². The Morgan fingerprint density at radius 1 is 0.921 bits per heavy atom. The minimum Gasteiger partial charge on any atom is -0.449 e. The molecule has 2 atom stereocenters. The number of alkyl halides is 9. The van der Waals surface area contributed by atoms with Gasteiger partial charge in [0.05, 0.1) is 47.0 Å². The summed E-state index contributed by atoms with van der Waals surface area (Å²) >= 11 is 0. The number of fused-ring (bicyclic) bond motifs is 1. The molecular formula is C25H19F9N2O2. The highest BCUT2D eigenvalue weighted by atomic mass is 19.4. The molecule has 1 heterocycles. The van der Waals surface area contributed by atoms with E-state index in [1.54, 1.807) is 13.0 Å². The van der Waals surface area contributed by atoms with Crippen LogP contribution in [0.3, 0.4) is 0 Å². The molecule has 0 spiro atoms. The van der Waals surface area contributed by atoms with Crippen LogP contribution in [0.4, 0.5) is 50.0 Å². The van der Waals surface area contributed by atoms with E-state index >= 15 is 0 Å². The summed E-state index contributed by atoms with van der Waals surface area (Å²) in [5.74, 6) is -1.83. The van der Waals surface area contributed by atoms with Crippen LogP contribution in [0.25, 0.3) is 5.57 Å². The van der Waals surface area contributed by atoms with Crippen molar-refractivity contribution in [3.63, 3.8) is 0 Å². The molecule has 4 nitrogen and oxygen atoms in total. The average Bonchev–Trinajstić information content (AvgIpc) is 2.82. The van der Waals surface area contributed by atoms with Gasteiger partial charge in [-0.25, -0.2) is 4.79 Å². The van der Waals surface area contributed by atoms with Crippen molar-refractivity contribution in [1.29, 1.82) is 5.26 Å². The largest absolute Gasteiger partial charge is 0.449 e. The predicted octanol–water partition coefficient (Wildman–Crippen LogP) is 8.19. The topological polar surface area (TPSA) is 53.3 Å². The van der Waals surface area contributed by atoms with Crippen LogP contribution in [-0.2, 0) is 23.3 Å². The first kappa shape index (κ1) is 28.9. The van der Waals surface area contributed by atoms with Crippen LogP contribution >= 0.6 is 0 Å². The molecule has 1 aliphatic heterocycles. The summed E-state index contributed by atoms with van der Waals surface area (Å²) in [5, 5.41) is 9.91. The highest BCUT2D eigenvalue weighted by Gasteiger charge is 2.40. The summed E-state index contributed by atoms with van der Waals surface area (Å²) in [5.41, 5.74) is -6.03. The molecule has 0 unspecified atom stereocenters. The molecule has 38 heavy (non-hydrogen) atoms. The third-order valence-electron chi connectivity index (χ3n) is 5.86. The first-order chi connectivity index (χ1) is 17.5. The highest BCUT2D eigenvalue weighted by molar-refractivity contribution is 5.97. The summed E-state index contributed by atoms with van der Waals surface area (Å²) in [4.78, 5) is 13.7. The predicted molar refractivity (Wildman–Crippen MR) is 118 cm³/mol. The van der Waals surface area contributed by atoms with Crippen molar-refractivity contribution in [3.8, 4) is 6.07 Å². The smallest absolute Gasteiger partial charge is 0.416 e. The Hall–Kier alpha value is -3.69. The summed E-state index contributed by atoms with van der Waals surface area (Å²) in [7, 11) is 0. The van der Waals surface area contributed by atoms with Crippen molar-refractivity contribution < 1.29 is 49.0 Å². The number of nitriles is 1. The molecular weight excluding hydrogens is 531 g/mol. The third kappa shape index (κ3) is 5.74. The van der Waals surface area contributed by atoms with Gasteiger partial charge in [0.2, 0.25) is 0 Å². The average molecular weight is 550 g/mol. The zero-order chi connectivity index (χ0) is 28.6. The van der Waals surface area contributed by atoms with Crippen molar-refractivity contribution >= 4 is 17.4 Å². The summed E-state index contributed by atoms with van der Waals surface area (Å²) in [6.07, 6.45) is -14.9. The van der Waals surface area contributed by atoms with Crippen molar-refractivity contribution in [2.45, 2.75) is 50.8 Å². The normalized spacial score (nSPS) is 16.8. The lowest BCUT2D eigenvalue weighted by atomic mass is 9.81. The Morgan fingerprint density at radius 2 is 1.47 bits per heavy atom. The molecule has 2 aromatic rings. The zero-order valence-corrected chi connectivity index (χ0v) is 19.7. The standard InChI is InChI=1S/C25H19F9N2O2/c1-3-17-11-18(19-10-14(23(26,27)28)5-6-21(19)36(17)22(37)38-4-2)20(12-35)13-7-15(24(29,30)31)9-16(8-13)25(32,33)34/h5-11,17,20H,3-4H2,1-2H3/t17-,20+/m0/s1. The van der Waals surface area contributed by atoms with Gasteiger partial charge in [-0.1, -0.05) is 13.0 Å². The molecule has 204 valence electrons. The molecule has 2 aromatic carbocycles. The van der Waals surface area contributed by atoms with Gasteiger partial charge in [-0.05, 0) is 60.9 Å². The molecule has 13 heteroatoms. The number of hydrogen-bond donors (Lipinski definition) is 0. The Balaban J connectivity index is 2.32. The summed E-state index contributed by atoms with van der Waals surface area (Å²) in [6.45, 7) is 3.01. The molecule has 0 radical (unpaired) electrons. The van der Waals surface area contributed by atoms with Crippen LogP contribution in [0, 0.1) is 11.3 Å². The molecule has 0 N–H and O–H groups in total. The number of carbonyl (C=O) groups is 1. The van der Waals surface area contributed by atoms with Crippen molar-refractivity contribution in [3.05, 3.63) is 70.3 Å². The lowest BCUT2D eigenvalue weighted by Crippen LogP contribution is -2.42. The Bertz CT molecular complexity index is 1260. The van der Waals surface area contributed by atoms with Gasteiger partial charge in [-0.3, -0.25) is 4.90 Å². The SMILES string of the molecule is CCOC(=O)N1c2ccc(C(F)(F)F)cc2C([C@H](C#N)c2cc(C(F)(F)F)cc(C(F)(F)F)c2)=C[C@@H]1CC. The molecule has 1 aliphatic rings. The molecule has 0 fully saturated rings. The molecule has 0 saturated carbocycles. The van der Waals surface area contributed by atoms with Gasteiger partial charge >= 0.3 is 24.6 Å². The Morgan fingerprint density at radius 3 is 1.92 bits per heavy atom. The number of hydrogen-bond acceptors (Lipinski definition) is 3. The fraction of sp³-hybridized carbons (Fsp3) is 0.360. The van der Waals surface area contributed by atoms with E-state index < -0.39 is 58.8 Å². The quantitative estimate of drug-likeness (QED) is 0.361. The maximum atomic E-state index is 13.5. The van der Waals surface area contributed by atoms with E-state index in [2.05, 4.69) is 0 Å². The van der Waals surface area contributed by atoms with Gasteiger partial charge in [0.25, 0.3) is 0 Å².